The van der Waals surface area contributed by atoms with Gasteiger partial charge in [-0.2, -0.15) is 8.42 Å². The highest BCUT2D eigenvalue weighted by molar-refractivity contribution is 7.90. The zero-order valence-electron chi connectivity index (χ0n) is 28.1. The summed E-state index contributed by atoms with van der Waals surface area (Å²) in [6.45, 7) is 6.46. The van der Waals surface area contributed by atoms with E-state index >= 15 is 0 Å². The number of aromatic nitrogens is 1. The normalized spacial score (nSPS) is 12.8. The van der Waals surface area contributed by atoms with E-state index in [2.05, 4.69) is 59.7 Å². The fourth-order valence-corrected chi connectivity index (χ4v) is 6.60. The molecule has 0 radical (unpaired) electrons. The van der Waals surface area contributed by atoms with E-state index in [1.54, 1.807) is 36.4 Å². The minimum absolute atomic E-state index is 0.00459. The van der Waals surface area contributed by atoms with Crippen LogP contribution in [0.4, 0.5) is 0 Å². The molecule has 1 heterocycles. The number of nitrogens with zero attached hydrogens (tertiary/aromatic N) is 1. The first-order valence-electron chi connectivity index (χ1n) is 15.8. The van der Waals surface area contributed by atoms with E-state index in [0.717, 1.165) is 40.6 Å². The van der Waals surface area contributed by atoms with Gasteiger partial charge in [0.15, 0.2) is 15.6 Å². The Morgan fingerprint density at radius 3 is 2.10 bits per heavy atom. The monoisotopic (exact) mass is 700 g/mol. The number of hydrogen-bond donors (Lipinski definition) is 1. The van der Waals surface area contributed by atoms with Crippen molar-refractivity contribution in [1.29, 1.82) is 0 Å². The summed E-state index contributed by atoms with van der Waals surface area (Å²) < 4.78 is 57.3. The van der Waals surface area contributed by atoms with Crippen molar-refractivity contribution in [1.82, 2.24) is 10.5 Å². The van der Waals surface area contributed by atoms with Crippen LogP contribution in [0.15, 0.2) is 113 Å². The maximum atomic E-state index is 12.6. The molecule has 1 aromatic heterocycles. The van der Waals surface area contributed by atoms with Crippen LogP contribution in [0.2, 0.25) is 0 Å². The smallest absolute Gasteiger partial charge is 0.268 e. The highest BCUT2D eigenvalue weighted by atomic mass is 32.2. The molecule has 0 aliphatic carbocycles. The third-order valence-electron chi connectivity index (χ3n) is 8.37. The molecule has 9 nitrogen and oxygen atoms in total. The van der Waals surface area contributed by atoms with Crippen molar-refractivity contribution in [2.24, 2.45) is 0 Å². The maximum Gasteiger partial charge on any atom is 0.268 e. The van der Waals surface area contributed by atoms with Crippen molar-refractivity contribution >= 4 is 25.9 Å². The number of carbonyl (C=O) groups is 1. The van der Waals surface area contributed by atoms with Gasteiger partial charge in [0.1, 0.15) is 0 Å². The average molecular weight is 701 g/mol. The van der Waals surface area contributed by atoms with Gasteiger partial charge in [-0.15, -0.1) is 0 Å². The molecule has 1 unspecified atom stereocenters. The molecule has 0 spiro atoms. The highest BCUT2D eigenvalue weighted by Crippen LogP contribution is 2.34. The van der Waals surface area contributed by atoms with Crippen molar-refractivity contribution < 1.29 is 30.3 Å². The van der Waals surface area contributed by atoms with Crippen LogP contribution < -0.4 is 5.32 Å². The molecule has 1 atom stereocenters. The van der Waals surface area contributed by atoms with Crippen LogP contribution in [0.3, 0.4) is 0 Å². The molecule has 0 aliphatic heterocycles. The number of carbonyl (C=O) groups excluding carboxylic acids is 1. The van der Waals surface area contributed by atoms with E-state index in [0.29, 0.717) is 17.7 Å². The first-order valence-corrected chi connectivity index (χ1v) is 19.2. The zero-order valence-corrected chi connectivity index (χ0v) is 29.8. The number of sulfone groups is 1. The molecule has 1 amide bonds. The van der Waals surface area contributed by atoms with E-state index in [-0.39, 0.29) is 34.4 Å². The Labute approximate surface area is 288 Å². The van der Waals surface area contributed by atoms with Crippen LogP contribution in [0.1, 0.15) is 59.4 Å². The highest BCUT2D eigenvalue weighted by Gasteiger charge is 2.22. The largest absolute Gasteiger partial charge is 0.356 e. The second kappa shape index (κ2) is 14.5. The lowest BCUT2D eigenvalue weighted by Crippen LogP contribution is -2.29. The number of rotatable bonds is 12. The molecule has 256 valence electrons. The molecule has 1 N–H and O–H groups in total. The van der Waals surface area contributed by atoms with Gasteiger partial charge in [-0.1, -0.05) is 92.7 Å². The number of amides is 1. The minimum Gasteiger partial charge on any atom is -0.356 e. The lowest BCUT2D eigenvalue weighted by atomic mass is 9.83. The van der Waals surface area contributed by atoms with Gasteiger partial charge in [-0.05, 0) is 70.0 Å². The van der Waals surface area contributed by atoms with Gasteiger partial charge in [0, 0.05) is 35.9 Å². The Bertz CT molecular complexity index is 2130. The second-order valence-electron chi connectivity index (χ2n) is 13.0. The van der Waals surface area contributed by atoms with Crippen LogP contribution in [0, 0.1) is 0 Å². The molecule has 11 heteroatoms. The Kier molecular flexibility index (Phi) is 10.6. The quantitative estimate of drug-likeness (QED) is 0.141. The lowest BCUT2D eigenvalue weighted by molar-refractivity contribution is 0.0956. The first kappa shape index (κ1) is 35.7. The fraction of sp³-hybridized carbons (Fsp3) is 0.263. The topological polar surface area (TPSA) is 133 Å². The summed E-state index contributed by atoms with van der Waals surface area (Å²) in [6, 6.07) is 32.3. The molecule has 0 bridgehead atoms. The van der Waals surface area contributed by atoms with Crippen LogP contribution in [0.25, 0.3) is 22.5 Å². The van der Waals surface area contributed by atoms with Crippen LogP contribution >= 0.6 is 0 Å². The van der Waals surface area contributed by atoms with Gasteiger partial charge in [0.05, 0.1) is 23.5 Å². The SMILES string of the molecule is COS(=O)(=O)CCNC(=O)c1ccc(CC(c2ccc(C(C)(C)C)cc2)c2cc(-c3cccc(-c4ccc(S(C)(=O)=O)cc4)c3)on2)cc1. The molecular weight excluding hydrogens is 661 g/mol. The van der Waals surface area contributed by atoms with E-state index in [1.165, 1.54) is 11.8 Å². The molecule has 0 saturated carbocycles. The van der Waals surface area contributed by atoms with Gasteiger partial charge >= 0.3 is 0 Å². The fourth-order valence-electron chi connectivity index (χ4n) is 5.45. The third-order valence-corrected chi connectivity index (χ3v) is 10.7. The predicted octanol–water partition coefficient (Wildman–Crippen LogP) is 6.79. The molecular formula is C38H40N2O7S2. The van der Waals surface area contributed by atoms with Crippen molar-refractivity contribution in [3.63, 3.8) is 0 Å². The summed E-state index contributed by atoms with van der Waals surface area (Å²) in [5, 5.41) is 7.13. The van der Waals surface area contributed by atoms with E-state index in [4.69, 9.17) is 4.52 Å². The van der Waals surface area contributed by atoms with Crippen LogP contribution in [-0.4, -0.2) is 53.6 Å². The zero-order chi connectivity index (χ0) is 35.4. The third kappa shape index (κ3) is 9.11. The summed E-state index contributed by atoms with van der Waals surface area (Å²) in [5.41, 5.74) is 7.04. The molecule has 4 aromatic carbocycles. The van der Waals surface area contributed by atoms with Gasteiger partial charge in [0.25, 0.3) is 16.0 Å². The second-order valence-corrected chi connectivity index (χ2v) is 16.9. The summed E-state index contributed by atoms with van der Waals surface area (Å²) in [7, 11) is -5.87. The van der Waals surface area contributed by atoms with Crippen molar-refractivity contribution in [2.75, 3.05) is 25.7 Å². The lowest BCUT2D eigenvalue weighted by Gasteiger charge is -2.21. The van der Waals surface area contributed by atoms with Gasteiger partial charge in [-0.3, -0.25) is 8.98 Å². The number of nitrogens with one attached hydrogen (secondary N) is 1. The predicted molar refractivity (Wildman–Crippen MR) is 191 cm³/mol. The van der Waals surface area contributed by atoms with Crippen LogP contribution in [0.5, 0.6) is 0 Å². The van der Waals surface area contributed by atoms with Gasteiger partial charge < -0.3 is 9.84 Å². The Hall–Kier alpha value is -4.58. The van der Waals surface area contributed by atoms with Crippen LogP contribution in [-0.2, 0) is 36.0 Å². The molecule has 0 saturated heterocycles. The van der Waals surface area contributed by atoms with Crippen molar-refractivity contribution in [2.45, 2.75) is 43.4 Å². The van der Waals surface area contributed by atoms with Gasteiger partial charge in [0.2, 0.25) is 0 Å². The summed E-state index contributed by atoms with van der Waals surface area (Å²) >= 11 is 0. The Morgan fingerprint density at radius 1 is 0.837 bits per heavy atom. The molecule has 0 aliphatic rings. The maximum absolute atomic E-state index is 12.6. The number of hydrogen-bond acceptors (Lipinski definition) is 8. The first-order chi connectivity index (χ1) is 23.1. The van der Waals surface area contributed by atoms with Crippen molar-refractivity contribution in [3.05, 3.63) is 131 Å². The minimum atomic E-state index is -3.67. The van der Waals surface area contributed by atoms with E-state index < -0.39 is 20.0 Å². The Balaban J connectivity index is 1.40. The summed E-state index contributed by atoms with van der Waals surface area (Å²) in [6.07, 6.45) is 1.77. The number of benzene rings is 4. The molecule has 49 heavy (non-hydrogen) atoms. The standard InChI is InChI=1S/C38H40N2O7S2/c1-38(2,3)32-17-13-28(14-18-32)34(23-26-9-11-29(12-10-26)37(41)39-21-22-49(44,45)46-4)35-25-36(47-40-35)31-8-6-7-30(24-31)27-15-19-33(20-16-27)48(5,42)43/h6-20,24-25,34H,21-23H2,1-5H3,(H,39,41). The molecule has 0 fully saturated rings. The van der Waals surface area contributed by atoms with Gasteiger partial charge in [-0.25, -0.2) is 8.42 Å². The van der Waals surface area contributed by atoms with E-state index in [9.17, 15) is 21.6 Å². The van der Waals surface area contributed by atoms with Crippen molar-refractivity contribution in [3.8, 4) is 22.5 Å². The summed E-state index contributed by atoms with van der Waals surface area (Å²) in [4.78, 5) is 12.9. The molecule has 5 aromatic rings. The average Bonchev–Trinajstić information content (AvgIpc) is 3.57. The van der Waals surface area contributed by atoms with E-state index in [1.807, 2.05) is 42.5 Å². The Morgan fingerprint density at radius 2 is 1.49 bits per heavy atom. The molecule has 5 rings (SSSR count). The summed E-state index contributed by atoms with van der Waals surface area (Å²) in [5.74, 6) is -0.242.